The fraction of sp³-hybridized carbons (Fsp3) is 0.538. The van der Waals surface area contributed by atoms with Gasteiger partial charge in [-0.3, -0.25) is 0 Å². The maximum Gasteiger partial charge on any atom is 0.123 e. The topological polar surface area (TPSA) is 0 Å². The Balaban J connectivity index is 2.45. The number of aryl methyl sites for hydroxylation is 2. The van der Waals surface area contributed by atoms with Crippen LogP contribution in [0.25, 0.3) is 0 Å². The van der Waals surface area contributed by atoms with E-state index in [4.69, 9.17) is 0 Å². The third kappa shape index (κ3) is 3.49. The molecule has 0 aliphatic heterocycles. The predicted molar refractivity (Wildman–Crippen MR) is 59.0 cm³/mol. The Labute approximate surface area is 86.2 Å². The molecule has 0 bridgehead atoms. The summed E-state index contributed by atoms with van der Waals surface area (Å²) in [5.74, 6) is -0.110. The van der Waals surface area contributed by atoms with Gasteiger partial charge in [-0.2, -0.15) is 0 Å². The van der Waals surface area contributed by atoms with E-state index in [2.05, 4.69) is 13.8 Å². The van der Waals surface area contributed by atoms with Crippen molar-refractivity contribution in [2.24, 2.45) is 0 Å². The van der Waals surface area contributed by atoms with Crippen molar-refractivity contribution in [2.45, 2.75) is 46.0 Å². The van der Waals surface area contributed by atoms with Gasteiger partial charge in [0, 0.05) is 0 Å². The molecule has 0 aromatic heterocycles. The SMILES string of the molecule is CCCCCCc1cc(F)ccc1C. The van der Waals surface area contributed by atoms with Gasteiger partial charge < -0.3 is 0 Å². The molecular formula is C13H19F. The van der Waals surface area contributed by atoms with Crippen molar-refractivity contribution in [1.82, 2.24) is 0 Å². The second-order valence-electron chi connectivity index (χ2n) is 3.88. The average Bonchev–Trinajstić information content (AvgIpc) is 2.18. The van der Waals surface area contributed by atoms with Crippen LogP contribution in [0.4, 0.5) is 4.39 Å². The molecular weight excluding hydrogens is 175 g/mol. The molecule has 0 aliphatic rings. The third-order valence-electron chi connectivity index (χ3n) is 2.61. The lowest BCUT2D eigenvalue weighted by Gasteiger charge is -2.05. The van der Waals surface area contributed by atoms with E-state index >= 15 is 0 Å². The highest BCUT2D eigenvalue weighted by Crippen LogP contribution is 2.14. The number of hydrogen-bond donors (Lipinski definition) is 0. The average molecular weight is 194 g/mol. The first-order valence-corrected chi connectivity index (χ1v) is 5.49. The lowest BCUT2D eigenvalue weighted by molar-refractivity contribution is 0.620. The first-order valence-electron chi connectivity index (χ1n) is 5.49. The van der Waals surface area contributed by atoms with Crippen molar-refractivity contribution in [3.05, 3.63) is 35.1 Å². The zero-order chi connectivity index (χ0) is 10.4. The number of unbranched alkanes of at least 4 members (excludes halogenated alkanes) is 3. The fourth-order valence-corrected chi connectivity index (χ4v) is 1.65. The largest absolute Gasteiger partial charge is 0.207 e. The van der Waals surface area contributed by atoms with E-state index in [1.54, 1.807) is 6.07 Å². The molecule has 0 radical (unpaired) electrons. The van der Waals surface area contributed by atoms with Crippen LogP contribution in [0, 0.1) is 12.7 Å². The van der Waals surface area contributed by atoms with E-state index in [-0.39, 0.29) is 5.82 Å². The highest BCUT2D eigenvalue weighted by molar-refractivity contribution is 5.26. The van der Waals surface area contributed by atoms with Crippen molar-refractivity contribution >= 4 is 0 Å². The molecule has 14 heavy (non-hydrogen) atoms. The van der Waals surface area contributed by atoms with Crippen molar-refractivity contribution < 1.29 is 4.39 Å². The Morgan fingerprint density at radius 3 is 2.64 bits per heavy atom. The molecule has 1 aromatic carbocycles. The zero-order valence-electron chi connectivity index (χ0n) is 9.15. The normalized spacial score (nSPS) is 10.5. The van der Waals surface area contributed by atoms with Gasteiger partial charge >= 0.3 is 0 Å². The monoisotopic (exact) mass is 194 g/mol. The molecule has 0 saturated carbocycles. The molecule has 0 aliphatic carbocycles. The number of hydrogen-bond acceptors (Lipinski definition) is 0. The molecule has 0 spiro atoms. The van der Waals surface area contributed by atoms with Crippen molar-refractivity contribution in [3.8, 4) is 0 Å². The number of benzene rings is 1. The third-order valence-corrected chi connectivity index (χ3v) is 2.61. The smallest absolute Gasteiger partial charge is 0.123 e. The molecule has 1 rings (SSSR count). The highest BCUT2D eigenvalue weighted by Gasteiger charge is 1.99. The summed E-state index contributed by atoms with van der Waals surface area (Å²) in [7, 11) is 0. The van der Waals surface area contributed by atoms with Gasteiger partial charge in [0.2, 0.25) is 0 Å². The summed E-state index contributed by atoms with van der Waals surface area (Å²) in [4.78, 5) is 0. The van der Waals surface area contributed by atoms with E-state index in [0.29, 0.717) is 0 Å². The van der Waals surface area contributed by atoms with Gasteiger partial charge in [-0.1, -0.05) is 32.3 Å². The van der Waals surface area contributed by atoms with Gasteiger partial charge in [0.05, 0.1) is 0 Å². The lowest BCUT2D eigenvalue weighted by Crippen LogP contribution is -1.91. The summed E-state index contributed by atoms with van der Waals surface area (Å²) in [6, 6.07) is 5.07. The molecule has 1 heteroatoms. The maximum atomic E-state index is 12.9. The Bertz CT molecular complexity index is 279. The molecule has 0 amide bonds. The summed E-state index contributed by atoms with van der Waals surface area (Å²) < 4.78 is 12.9. The minimum absolute atomic E-state index is 0.110. The predicted octanol–water partition coefficient (Wildman–Crippen LogP) is 4.26. The van der Waals surface area contributed by atoms with Gasteiger partial charge in [-0.25, -0.2) is 4.39 Å². The number of rotatable bonds is 5. The molecule has 0 saturated heterocycles. The molecule has 0 unspecified atom stereocenters. The summed E-state index contributed by atoms with van der Waals surface area (Å²) >= 11 is 0. The van der Waals surface area contributed by atoms with Crippen molar-refractivity contribution in [2.75, 3.05) is 0 Å². The van der Waals surface area contributed by atoms with Crippen LogP contribution in [0.15, 0.2) is 18.2 Å². The molecule has 0 nitrogen and oxygen atoms in total. The van der Waals surface area contributed by atoms with Gasteiger partial charge in [0.25, 0.3) is 0 Å². The fourth-order valence-electron chi connectivity index (χ4n) is 1.65. The quantitative estimate of drug-likeness (QED) is 0.614. The maximum absolute atomic E-state index is 12.9. The minimum Gasteiger partial charge on any atom is -0.207 e. The minimum atomic E-state index is -0.110. The second kappa shape index (κ2) is 5.79. The molecule has 78 valence electrons. The Morgan fingerprint density at radius 2 is 1.93 bits per heavy atom. The number of halogens is 1. The van der Waals surface area contributed by atoms with Crippen molar-refractivity contribution in [3.63, 3.8) is 0 Å². The van der Waals surface area contributed by atoms with Gasteiger partial charge in [0.1, 0.15) is 5.82 Å². The lowest BCUT2D eigenvalue weighted by atomic mass is 10.0. The van der Waals surface area contributed by atoms with Crippen LogP contribution in [-0.2, 0) is 6.42 Å². The van der Waals surface area contributed by atoms with Gasteiger partial charge in [-0.05, 0) is 43.0 Å². The molecule has 1 aromatic rings. The first-order chi connectivity index (χ1) is 6.74. The van der Waals surface area contributed by atoms with Gasteiger partial charge in [0.15, 0.2) is 0 Å². The van der Waals surface area contributed by atoms with Crippen LogP contribution in [0.3, 0.4) is 0 Å². The van der Waals surface area contributed by atoms with Crippen LogP contribution >= 0.6 is 0 Å². The van der Waals surface area contributed by atoms with Crippen LogP contribution < -0.4 is 0 Å². The van der Waals surface area contributed by atoms with E-state index < -0.39 is 0 Å². The zero-order valence-corrected chi connectivity index (χ0v) is 9.15. The van der Waals surface area contributed by atoms with E-state index in [1.807, 2.05) is 6.07 Å². The molecule has 0 fully saturated rings. The molecule has 0 N–H and O–H groups in total. The first kappa shape index (κ1) is 11.2. The van der Waals surface area contributed by atoms with Gasteiger partial charge in [-0.15, -0.1) is 0 Å². The Hall–Kier alpha value is -0.850. The van der Waals surface area contributed by atoms with E-state index in [9.17, 15) is 4.39 Å². The summed E-state index contributed by atoms with van der Waals surface area (Å²) in [6.07, 6.45) is 5.99. The Morgan fingerprint density at radius 1 is 1.14 bits per heavy atom. The highest BCUT2D eigenvalue weighted by atomic mass is 19.1. The van der Waals surface area contributed by atoms with E-state index in [1.165, 1.54) is 42.9 Å². The summed E-state index contributed by atoms with van der Waals surface area (Å²) in [6.45, 7) is 4.25. The molecule has 0 atom stereocenters. The van der Waals surface area contributed by atoms with Crippen LogP contribution in [0.2, 0.25) is 0 Å². The van der Waals surface area contributed by atoms with Crippen molar-refractivity contribution in [1.29, 1.82) is 0 Å². The summed E-state index contributed by atoms with van der Waals surface area (Å²) in [5, 5.41) is 0. The molecule has 0 heterocycles. The van der Waals surface area contributed by atoms with E-state index in [0.717, 1.165) is 6.42 Å². The summed E-state index contributed by atoms with van der Waals surface area (Å²) in [5.41, 5.74) is 2.38. The second-order valence-corrected chi connectivity index (χ2v) is 3.88. The van der Waals surface area contributed by atoms with Crippen LogP contribution in [0.5, 0.6) is 0 Å². The van der Waals surface area contributed by atoms with Crippen LogP contribution in [0.1, 0.15) is 43.7 Å². The van der Waals surface area contributed by atoms with Crippen LogP contribution in [-0.4, -0.2) is 0 Å². The standard InChI is InChI=1S/C13H19F/c1-3-4-5-6-7-12-10-13(14)9-8-11(12)2/h8-10H,3-7H2,1-2H3. The Kier molecular flexibility index (Phi) is 4.64.